The van der Waals surface area contributed by atoms with Gasteiger partial charge in [-0.1, -0.05) is 30.3 Å². The molecule has 2 aromatic rings. The van der Waals surface area contributed by atoms with Crippen LogP contribution >= 0.6 is 0 Å². The number of rotatable bonds is 6. The molecule has 1 saturated carbocycles. The molecule has 0 aliphatic heterocycles. The standard InChI is InChI=1S/C19H17N2O3/c1-2-24-19(23)17-12-16(14-8-6-7-9-14)20-21(17)13-18(22)15-10-4-3-5-11-15/h3-12H,2,13H2,1H3. The van der Waals surface area contributed by atoms with Crippen molar-refractivity contribution in [1.29, 1.82) is 0 Å². The van der Waals surface area contributed by atoms with Crippen molar-refractivity contribution in [1.82, 2.24) is 9.78 Å². The molecular formula is C19H17N2O3. The van der Waals surface area contributed by atoms with Gasteiger partial charge in [0.15, 0.2) is 5.78 Å². The summed E-state index contributed by atoms with van der Waals surface area (Å²) in [4.78, 5) is 24.6. The second kappa shape index (κ2) is 7.43. The van der Waals surface area contributed by atoms with Crippen molar-refractivity contribution in [3.8, 4) is 0 Å². The van der Waals surface area contributed by atoms with Crippen molar-refractivity contribution < 1.29 is 14.3 Å². The van der Waals surface area contributed by atoms with E-state index in [1.165, 1.54) is 4.68 Å². The summed E-state index contributed by atoms with van der Waals surface area (Å²) in [6, 6.07) is 10.6. The number of carbonyl (C=O) groups excluding carboxylic acids is 2. The van der Waals surface area contributed by atoms with E-state index in [0.29, 0.717) is 11.3 Å². The van der Waals surface area contributed by atoms with Crippen LogP contribution in [0.1, 0.15) is 33.5 Å². The molecule has 1 heterocycles. The molecule has 5 nitrogen and oxygen atoms in total. The molecule has 0 spiro atoms. The van der Waals surface area contributed by atoms with Gasteiger partial charge in [-0.15, -0.1) is 0 Å². The highest BCUT2D eigenvalue weighted by atomic mass is 16.5. The number of nitrogens with zero attached hydrogens (tertiary/aromatic N) is 2. The van der Waals surface area contributed by atoms with Gasteiger partial charge in [-0.3, -0.25) is 4.79 Å². The van der Waals surface area contributed by atoms with Gasteiger partial charge in [0.2, 0.25) is 0 Å². The van der Waals surface area contributed by atoms with E-state index in [2.05, 4.69) is 5.10 Å². The van der Waals surface area contributed by atoms with E-state index in [9.17, 15) is 9.59 Å². The van der Waals surface area contributed by atoms with Gasteiger partial charge in [-0.2, -0.15) is 5.10 Å². The second-order valence-corrected chi connectivity index (χ2v) is 5.26. The van der Waals surface area contributed by atoms with E-state index in [-0.39, 0.29) is 24.6 Å². The zero-order valence-corrected chi connectivity index (χ0v) is 13.3. The van der Waals surface area contributed by atoms with Crippen LogP contribution in [0.5, 0.6) is 0 Å². The Morgan fingerprint density at radius 1 is 1.12 bits per heavy atom. The second-order valence-electron chi connectivity index (χ2n) is 5.26. The summed E-state index contributed by atoms with van der Waals surface area (Å²) >= 11 is 0. The third-order valence-corrected chi connectivity index (χ3v) is 3.61. The maximum absolute atomic E-state index is 12.4. The molecule has 0 N–H and O–H groups in total. The maximum Gasteiger partial charge on any atom is 0.356 e. The number of ketones is 1. The van der Waals surface area contributed by atoms with E-state index in [1.807, 2.05) is 31.7 Å². The van der Waals surface area contributed by atoms with Crippen molar-refractivity contribution in [2.75, 3.05) is 6.61 Å². The Labute approximate surface area is 141 Å². The molecule has 5 radical (unpaired) electrons. The minimum Gasteiger partial charge on any atom is -0.461 e. The van der Waals surface area contributed by atoms with Gasteiger partial charge < -0.3 is 4.74 Å². The van der Waals surface area contributed by atoms with Crippen LogP contribution in [0.4, 0.5) is 0 Å². The van der Waals surface area contributed by atoms with Crippen LogP contribution in [0, 0.1) is 31.6 Å². The highest BCUT2D eigenvalue weighted by molar-refractivity contribution is 5.96. The van der Waals surface area contributed by atoms with Crippen molar-refractivity contribution >= 4 is 11.8 Å². The first-order valence-corrected chi connectivity index (χ1v) is 7.74. The van der Waals surface area contributed by atoms with E-state index in [0.717, 1.165) is 5.92 Å². The Hall–Kier alpha value is -2.43. The lowest BCUT2D eigenvalue weighted by Gasteiger charge is -2.06. The van der Waals surface area contributed by atoms with Crippen molar-refractivity contribution in [2.45, 2.75) is 13.5 Å². The number of Topliss-reactive ketones (excluding diaryl/α,β-unsaturated/α-hetero) is 1. The average Bonchev–Trinajstić information content (AvgIpc) is 3.25. The molecule has 24 heavy (non-hydrogen) atoms. The Kier molecular flexibility index (Phi) is 5.08. The average molecular weight is 321 g/mol. The van der Waals surface area contributed by atoms with Gasteiger partial charge in [-0.05, 0) is 38.7 Å². The molecule has 121 valence electrons. The molecule has 5 heteroatoms. The van der Waals surface area contributed by atoms with Crippen LogP contribution in [0.25, 0.3) is 0 Å². The largest absolute Gasteiger partial charge is 0.461 e. The first-order chi connectivity index (χ1) is 11.7. The van der Waals surface area contributed by atoms with E-state index in [4.69, 9.17) is 4.74 Å². The fourth-order valence-corrected chi connectivity index (χ4v) is 2.44. The van der Waals surface area contributed by atoms with E-state index in [1.54, 1.807) is 37.3 Å². The Morgan fingerprint density at radius 3 is 2.50 bits per heavy atom. The maximum atomic E-state index is 12.4. The van der Waals surface area contributed by atoms with Crippen LogP contribution in [-0.2, 0) is 11.3 Å². The lowest BCUT2D eigenvalue weighted by atomic mass is 10.0. The quantitative estimate of drug-likeness (QED) is 0.606. The molecule has 1 aromatic heterocycles. The van der Waals surface area contributed by atoms with E-state index < -0.39 is 5.97 Å². The van der Waals surface area contributed by atoms with Crippen LogP contribution in [-0.4, -0.2) is 28.1 Å². The molecule has 0 amide bonds. The minimum atomic E-state index is -0.483. The molecule has 0 saturated heterocycles. The van der Waals surface area contributed by atoms with Gasteiger partial charge in [0, 0.05) is 11.5 Å². The van der Waals surface area contributed by atoms with Gasteiger partial charge >= 0.3 is 5.97 Å². The number of hydrogen-bond donors (Lipinski definition) is 0. The van der Waals surface area contributed by atoms with Crippen molar-refractivity contribution in [2.24, 2.45) is 0 Å². The lowest BCUT2D eigenvalue weighted by molar-refractivity contribution is 0.0512. The third-order valence-electron chi connectivity index (χ3n) is 3.61. The number of hydrogen-bond acceptors (Lipinski definition) is 4. The molecule has 0 bridgehead atoms. The Morgan fingerprint density at radius 2 is 1.83 bits per heavy atom. The fraction of sp³-hybridized carbons (Fsp3) is 0.158. The zero-order valence-electron chi connectivity index (χ0n) is 13.3. The third kappa shape index (κ3) is 3.55. The summed E-state index contributed by atoms with van der Waals surface area (Å²) in [5, 5.41) is 4.42. The van der Waals surface area contributed by atoms with Crippen LogP contribution < -0.4 is 0 Å². The minimum absolute atomic E-state index is 0.0150. The summed E-state index contributed by atoms with van der Waals surface area (Å²) in [6.07, 6.45) is 7.60. The first-order valence-electron chi connectivity index (χ1n) is 7.74. The summed E-state index contributed by atoms with van der Waals surface area (Å²) in [5.74, 6) is 0.299. The fourth-order valence-electron chi connectivity index (χ4n) is 2.44. The van der Waals surface area contributed by atoms with Gasteiger partial charge in [0.1, 0.15) is 12.2 Å². The summed E-state index contributed by atoms with van der Waals surface area (Å²) < 4.78 is 6.49. The van der Waals surface area contributed by atoms with Crippen LogP contribution in [0.2, 0.25) is 0 Å². The van der Waals surface area contributed by atoms with Crippen molar-refractivity contribution in [3.63, 3.8) is 0 Å². The highest BCUT2D eigenvalue weighted by Gasteiger charge is 2.26. The molecule has 1 aliphatic carbocycles. The SMILES string of the molecule is CCOC(=O)c1cc([C]2[CH][CH][CH][CH]2)nn1CC(=O)c1ccccc1. The lowest BCUT2D eigenvalue weighted by Crippen LogP contribution is -2.18. The molecule has 1 aliphatic rings. The first kappa shape index (κ1) is 16.4. The van der Waals surface area contributed by atoms with Gasteiger partial charge in [-0.25, -0.2) is 9.48 Å². The summed E-state index contributed by atoms with van der Waals surface area (Å²) in [5.41, 5.74) is 1.50. The number of ether oxygens (including phenoxy) is 1. The van der Waals surface area contributed by atoms with E-state index >= 15 is 0 Å². The summed E-state index contributed by atoms with van der Waals surface area (Å²) in [6.45, 7) is 1.99. The molecule has 0 unspecified atom stereocenters. The molecule has 1 aromatic carbocycles. The highest BCUT2D eigenvalue weighted by Crippen LogP contribution is 2.29. The Bertz CT molecular complexity index is 715. The molecular weight excluding hydrogens is 304 g/mol. The number of aromatic nitrogens is 2. The van der Waals surface area contributed by atoms with Gasteiger partial charge in [0.25, 0.3) is 0 Å². The van der Waals surface area contributed by atoms with Gasteiger partial charge in [0.05, 0.1) is 12.3 Å². The number of carbonyl (C=O) groups is 2. The molecule has 0 atom stereocenters. The predicted octanol–water partition coefficient (Wildman–Crippen LogP) is 2.70. The molecule has 1 fully saturated rings. The molecule has 3 rings (SSSR count). The zero-order chi connectivity index (χ0) is 16.9. The normalized spacial score (nSPS) is 14.7. The van der Waals surface area contributed by atoms with Crippen LogP contribution in [0.3, 0.4) is 0 Å². The summed E-state index contributed by atoms with van der Waals surface area (Å²) in [7, 11) is 0. The monoisotopic (exact) mass is 321 g/mol. The Balaban J connectivity index is 1.86. The van der Waals surface area contributed by atoms with Crippen molar-refractivity contribution in [3.05, 3.63) is 85.0 Å². The topological polar surface area (TPSA) is 61.2 Å². The number of benzene rings is 1. The van der Waals surface area contributed by atoms with Crippen LogP contribution in [0.15, 0.2) is 36.4 Å². The number of esters is 1. The predicted molar refractivity (Wildman–Crippen MR) is 88.5 cm³/mol. The smallest absolute Gasteiger partial charge is 0.356 e.